The topological polar surface area (TPSA) is 29.1 Å². The lowest BCUT2D eigenvalue weighted by molar-refractivity contribution is 0.102. The van der Waals surface area contributed by atoms with Crippen LogP contribution >= 0.6 is 39.1 Å². The Kier molecular flexibility index (Phi) is 4.50. The molecule has 0 unspecified atom stereocenters. The van der Waals surface area contributed by atoms with Crippen LogP contribution in [-0.4, -0.2) is 5.91 Å². The van der Waals surface area contributed by atoms with Crippen LogP contribution in [0.15, 0.2) is 40.9 Å². The molecule has 0 aliphatic rings. The van der Waals surface area contributed by atoms with E-state index in [4.69, 9.17) is 23.2 Å². The number of hydrogen-bond acceptors (Lipinski definition) is 1. The molecule has 2 rings (SSSR count). The van der Waals surface area contributed by atoms with Crippen molar-refractivity contribution in [2.24, 2.45) is 0 Å². The van der Waals surface area contributed by atoms with Gasteiger partial charge in [-0.3, -0.25) is 4.79 Å². The molecule has 0 atom stereocenters. The molecule has 2 aromatic rings. The average Bonchev–Trinajstić information content (AvgIpc) is 2.37. The molecule has 0 radical (unpaired) electrons. The number of anilines is 1. The fourth-order valence-corrected chi connectivity index (χ4v) is 2.30. The first-order valence-corrected chi connectivity index (χ1v) is 7.05. The third-order valence-electron chi connectivity index (χ3n) is 2.69. The van der Waals surface area contributed by atoms with Crippen molar-refractivity contribution < 1.29 is 4.79 Å². The van der Waals surface area contributed by atoms with E-state index in [1.54, 1.807) is 36.4 Å². The second-order valence-electron chi connectivity index (χ2n) is 4.00. The lowest BCUT2D eigenvalue weighted by atomic mass is 10.1. The van der Waals surface area contributed by atoms with Gasteiger partial charge >= 0.3 is 0 Å². The summed E-state index contributed by atoms with van der Waals surface area (Å²) < 4.78 is 0.731. The lowest BCUT2D eigenvalue weighted by Crippen LogP contribution is -2.13. The lowest BCUT2D eigenvalue weighted by Gasteiger charge is -2.09. The molecular formula is C14H10BrCl2NO. The summed E-state index contributed by atoms with van der Waals surface area (Å²) in [7, 11) is 0. The SMILES string of the molecule is Cc1c(Cl)cccc1C(=O)Nc1ccc(Cl)c(Br)c1. The summed E-state index contributed by atoms with van der Waals surface area (Å²) in [6.07, 6.45) is 0. The second kappa shape index (κ2) is 5.95. The fraction of sp³-hybridized carbons (Fsp3) is 0.0714. The number of amides is 1. The van der Waals surface area contributed by atoms with Crippen molar-refractivity contribution in [2.75, 3.05) is 5.32 Å². The third kappa shape index (κ3) is 3.30. The first kappa shape index (κ1) is 14.4. The first-order chi connectivity index (χ1) is 8.99. The molecule has 0 aromatic heterocycles. The summed E-state index contributed by atoms with van der Waals surface area (Å²) in [5.74, 6) is -0.200. The Labute approximate surface area is 129 Å². The molecule has 0 saturated carbocycles. The summed E-state index contributed by atoms with van der Waals surface area (Å²) in [6.45, 7) is 1.81. The van der Waals surface area contributed by atoms with Crippen molar-refractivity contribution in [3.63, 3.8) is 0 Å². The number of hydrogen-bond donors (Lipinski definition) is 1. The van der Waals surface area contributed by atoms with Crippen LogP contribution in [0.1, 0.15) is 15.9 Å². The van der Waals surface area contributed by atoms with Gasteiger partial charge in [0.25, 0.3) is 5.91 Å². The van der Waals surface area contributed by atoms with Gasteiger partial charge in [-0.2, -0.15) is 0 Å². The van der Waals surface area contributed by atoms with Crippen LogP contribution in [0, 0.1) is 6.92 Å². The standard InChI is InChI=1S/C14H10BrCl2NO/c1-8-10(3-2-4-12(8)16)14(19)18-9-5-6-13(17)11(15)7-9/h2-7H,1H3,(H,18,19). The van der Waals surface area contributed by atoms with Crippen LogP contribution in [0.5, 0.6) is 0 Å². The maximum absolute atomic E-state index is 12.2. The minimum Gasteiger partial charge on any atom is -0.322 e. The van der Waals surface area contributed by atoms with Crippen molar-refractivity contribution >= 4 is 50.7 Å². The Balaban J connectivity index is 2.26. The maximum atomic E-state index is 12.2. The van der Waals surface area contributed by atoms with Gasteiger partial charge in [-0.05, 0) is 58.7 Å². The molecule has 5 heteroatoms. The molecule has 0 aliphatic carbocycles. The number of benzene rings is 2. The fourth-order valence-electron chi connectivity index (χ4n) is 1.63. The summed E-state index contributed by atoms with van der Waals surface area (Å²) >= 11 is 15.2. The summed E-state index contributed by atoms with van der Waals surface area (Å²) in [4.78, 5) is 12.2. The van der Waals surface area contributed by atoms with E-state index in [0.29, 0.717) is 21.3 Å². The Morgan fingerprint density at radius 3 is 2.58 bits per heavy atom. The van der Waals surface area contributed by atoms with E-state index in [2.05, 4.69) is 21.2 Å². The Hall–Kier alpha value is -1.03. The highest BCUT2D eigenvalue weighted by Crippen LogP contribution is 2.26. The summed E-state index contributed by atoms with van der Waals surface area (Å²) in [6, 6.07) is 10.5. The molecule has 19 heavy (non-hydrogen) atoms. The van der Waals surface area contributed by atoms with Crippen molar-refractivity contribution in [2.45, 2.75) is 6.92 Å². The highest BCUT2D eigenvalue weighted by molar-refractivity contribution is 9.10. The van der Waals surface area contributed by atoms with E-state index < -0.39 is 0 Å². The van der Waals surface area contributed by atoms with E-state index in [-0.39, 0.29) is 5.91 Å². The van der Waals surface area contributed by atoms with Gasteiger partial charge in [0.15, 0.2) is 0 Å². The smallest absolute Gasteiger partial charge is 0.255 e. The number of carbonyl (C=O) groups excluding carboxylic acids is 1. The van der Waals surface area contributed by atoms with Crippen molar-refractivity contribution in [1.29, 1.82) is 0 Å². The van der Waals surface area contributed by atoms with Crippen LogP contribution in [0.2, 0.25) is 10.0 Å². The molecule has 2 nitrogen and oxygen atoms in total. The third-order valence-corrected chi connectivity index (χ3v) is 4.31. The Morgan fingerprint density at radius 2 is 1.89 bits per heavy atom. The van der Waals surface area contributed by atoms with Gasteiger partial charge in [0.2, 0.25) is 0 Å². The highest BCUT2D eigenvalue weighted by Gasteiger charge is 2.11. The highest BCUT2D eigenvalue weighted by atomic mass is 79.9. The van der Waals surface area contributed by atoms with Crippen LogP contribution in [-0.2, 0) is 0 Å². The predicted octanol–water partition coefficient (Wildman–Crippen LogP) is 5.32. The van der Waals surface area contributed by atoms with E-state index in [1.165, 1.54) is 0 Å². The molecule has 0 heterocycles. The van der Waals surface area contributed by atoms with Crippen LogP contribution in [0.25, 0.3) is 0 Å². The number of nitrogens with one attached hydrogen (secondary N) is 1. The zero-order valence-corrected chi connectivity index (χ0v) is 13.1. The molecule has 2 aromatic carbocycles. The monoisotopic (exact) mass is 357 g/mol. The molecule has 1 amide bonds. The van der Waals surface area contributed by atoms with Gasteiger partial charge in [0.1, 0.15) is 0 Å². The minimum atomic E-state index is -0.200. The molecule has 0 bridgehead atoms. The molecule has 0 spiro atoms. The van der Waals surface area contributed by atoms with Crippen LogP contribution in [0.4, 0.5) is 5.69 Å². The summed E-state index contributed by atoms with van der Waals surface area (Å²) in [5, 5.41) is 3.98. The van der Waals surface area contributed by atoms with Gasteiger partial charge in [-0.1, -0.05) is 29.3 Å². The molecule has 0 saturated heterocycles. The number of halogens is 3. The second-order valence-corrected chi connectivity index (χ2v) is 5.66. The number of rotatable bonds is 2. The van der Waals surface area contributed by atoms with E-state index in [1.807, 2.05) is 6.92 Å². The van der Waals surface area contributed by atoms with Gasteiger partial charge < -0.3 is 5.32 Å². The first-order valence-electron chi connectivity index (χ1n) is 5.50. The van der Waals surface area contributed by atoms with Crippen LogP contribution < -0.4 is 5.32 Å². The predicted molar refractivity (Wildman–Crippen MR) is 83.3 cm³/mol. The molecule has 0 fully saturated rings. The molecule has 0 aliphatic heterocycles. The van der Waals surface area contributed by atoms with Gasteiger partial charge in [-0.25, -0.2) is 0 Å². The Morgan fingerprint density at radius 1 is 1.16 bits per heavy atom. The van der Waals surface area contributed by atoms with E-state index in [0.717, 1.165) is 10.0 Å². The minimum absolute atomic E-state index is 0.200. The maximum Gasteiger partial charge on any atom is 0.255 e. The zero-order valence-electron chi connectivity index (χ0n) is 10.0. The van der Waals surface area contributed by atoms with Gasteiger partial charge in [0, 0.05) is 20.7 Å². The van der Waals surface area contributed by atoms with Crippen LogP contribution in [0.3, 0.4) is 0 Å². The molecule has 1 N–H and O–H groups in total. The molecule has 98 valence electrons. The normalized spacial score (nSPS) is 10.3. The quantitative estimate of drug-likeness (QED) is 0.773. The van der Waals surface area contributed by atoms with E-state index in [9.17, 15) is 4.79 Å². The van der Waals surface area contributed by atoms with Crippen molar-refractivity contribution in [3.05, 3.63) is 62.0 Å². The van der Waals surface area contributed by atoms with Gasteiger partial charge in [-0.15, -0.1) is 0 Å². The van der Waals surface area contributed by atoms with Crippen molar-refractivity contribution in [3.8, 4) is 0 Å². The molecular weight excluding hydrogens is 349 g/mol. The average molecular weight is 359 g/mol. The zero-order chi connectivity index (χ0) is 14.0. The summed E-state index contributed by atoms with van der Waals surface area (Å²) in [5.41, 5.74) is 1.98. The Bertz CT molecular complexity index is 643. The number of carbonyl (C=O) groups is 1. The van der Waals surface area contributed by atoms with Crippen molar-refractivity contribution in [1.82, 2.24) is 0 Å². The largest absolute Gasteiger partial charge is 0.322 e. The van der Waals surface area contributed by atoms with Gasteiger partial charge in [0.05, 0.1) is 5.02 Å². The van der Waals surface area contributed by atoms with E-state index >= 15 is 0 Å².